The van der Waals surface area contributed by atoms with Gasteiger partial charge in [0, 0.05) is 18.0 Å². The van der Waals surface area contributed by atoms with Crippen molar-refractivity contribution < 1.29 is 5.11 Å². The smallest absolute Gasteiger partial charge is 0.258 e. The average molecular weight is 231 g/mol. The molecule has 0 unspecified atom stereocenters. The van der Waals surface area contributed by atoms with Gasteiger partial charge in [0.2, 0.25) is 5.88 Å². The molecule has 88 valence electrons. The van der Waals surface area contributed by atoms with Gasteiger partial charge in [-0.3, -0.25) is 9.78 Å². The maximum absolute atomic E-state index is 11.8. The van der Waals surface area contributed by atoms with E-state index in [4.69, 9.17) is 0 Å². The van der Waals surface area contributed by atoms with Crippen molar-refractivity contribution in [1.29, 1.82) is 0 Å². The molecule has 2 rings (SSSR count). The van der Waals surface area contributed by atoms with Crippen LogP contribution in [0.25, 0.3) is 11.4 Å². The quantitative estimate of drug-likeness (QED) is 0.823. The van der Waals surface area contributed by atoms with Crippen molar-refractivity contribution in [3.63, 3.8) is 0 Å². The molecule has 5 nitrogen and oxygen atoms in total. The molecule has 2 heterocycles. The van der Waals surface area contributed by atoms with E-state index in [0.29, 0.717) is 17.0 Å². The Morgan fingerprint density at radius 3 is 2.71 bits per heavy atom. The number of rotatable bonds is 2. The summed E-state index contributed by atoms with van der Waals surface area (Å²) < 4.78 is 0. The van der Waals surface area contributed by atoms with Gasteiger partial charge < -0.3 is 10.1 Å². The van der Waals surface area contributed by atoms with Crippen LogP contribution in [0.2, 0.25) is 0 Å². The summed E-state index contributed by atoms with van der Waals surface area (Å²) >= 11 is 0. The Hall–Kier alpha value is -2.17. The third kappa shape index (κ3) is 2.18. The van der Waals surface area contributed by atoms with Crippen LogP contribution in [-0.2, 0) is 0 Å². The van der Waals surface area contributed by atoms with Gasteiger partial charge in [0.05, 0.1) is 5.56 Å². The number of pyridine rings is 1. The van der Waals surface area contributed by atoms with E-state index in [1.165, 1.54) is 0 Å². The van der Waals surface area contributed by atoms with Crippen molar-refractivity contribution in [3.8, 4) is 17.3 Å². The summed E-state index contributed by atoms with van der Waals surface area (Å²) in [6.45, 7) is 3.66. The third-order valence-corrected chi connectivity index (χ3v) is 2.45. The Morgan fingerprint density at radius 2 is 2.18 bits per heavy atom. The van der Waals surface area contributed by atoms with Crippen LogP contribution in [-0.4, -0.2) is 20.1 Å². The van der Waals surface area contributed by atoms with E-state index >= 15 is 0 Å². The molecule has 0 atom stereocenters. The first-order valence-corrected chi connectivity index (χ1v) is 5.33. The highest BCUT2D eigenvalue weighted by Crippen LogP contribution is 2.21. The van der Waals surface area contributed by atoms with Gasteiger partial charge in [0.25, 0.3) is 5.56 Å². The van der Waals surface area contributed by atoms with Crippen molar-refractivity contribution in [2.75, 3.05) is 0 Å². The molecule has 2 N–H and O–H groups in total. The highest BCUT2D eigenvalue weighted by atomic mass is 16.3. The molecular weight excluding hydrogens is 218 g/mol. The summed E-state index contributed by atoms with van der Waals surface area (Å²) in [5.74, 6) is 0.0294. The molecule has 0 aliphatic heterocycles. The van der Waals surface area contributed by atoms with Gasteiger partial charge in [-0.05, 0) is 18.1 Å². The van der Waals surface area contributed by atoms with E-state index in [2.05, 4.69) is 15.0 Å². The number of aromatic nitrogens is 3. The fourth-order valence-corrected chi connectivity index (χ4v) is 1.63. The molecule has 17 heavy (non-hydrogen) atoms. The molecule has 0 aliphatic rings. The van der Waals surface area contributed by atoms with Crippen molar-refractivity contribution in [2.24, 2.45) is 0 Å². The van der Waals surface area contributed by atoms with Crippen molar-refractivity contribution >= 4 is 0 Å². The lowest BCUT2D eigenvalue weighted by molar-refractivity contribution is 0.440. The van der Waals surface area contributed by atoms with E-state index < -0.39 is 0 Å². The average Bonchev–Trinajstić information content (AvgIpc) is 2.28. The zero-order valence-electron chi connectivity index (χ0n) is 9.64. The largest absolute Gasteiger partial charge is 0.493 e. The molecule has 0 saturated heterocycles. The van der Waals surface area contributed by atoms with Crippen LogP contribution < -0.4 is 5.56 Å². The minimum absolute atomic E-state index is 0.0748. The van der Waals surface area contributed by atoms with Gasteiger partial charge in [0.15, 0.2) is 0 Å². The molecule has 0 spiro atoms. The van der Waals surface area contributed by atoms with E-state index in [1.54, 1.807) is 24.5 Å². The minimum Gasteiger partial charge on any atom is -0.493 e. The number of nitrogens with one attached hydrogen (secondary N) is 1. The Labute approximate surface area is 98.2 Å². The second-order valence-corrected chi connectivity index (χ2v) is 4.05. The van der Waals surface area contributed by atoms with Crippen LogP contribution in [0, 0.1) is 0 Å². The zero-order valence-corrected chi connectivity index (χ0v) is 9.64. The minimum atomic E-state index is -0.314. The number of aromatic amines is 1. The van der Waals surface area contributed by atoms with Gasteiger partial charge in [-0.25, -0.2) is 0 Å². The highest BCUT2D eigenvalue weighted by molar-refractivity contribution is 5.53. The normalized spacial score (nSPS) is 10.8. The second kappa shape index (κ2) is 4.37. The number of hydrogen-bond acceptors (Lipinski definition) is 4. The predicted molar refractivity (Wildman–Crippen MR) is 63.8 cm³/mol. The molecule has 0 radical (unpaired) electrons. The lowest BCUT2D eigenvalue weighted by atomic mass is 10.1. The number of nitrogens with zero attached hydrogens (tertiary/aromatic N) is 2. The molecule has 2 aromatic heterocycles. The maximum Gasteiger partial charge on any atom is 0.258 e. The molecule has 0 amide bonds. The third-order valence-electron chi connectivity index (χ3n) is 2.45. The van der Waals surface area contributed by atoms with Crippen molar-refractivity contribution in [2.45, 2.75) is 19.8 Å². The van der Waals surface area contributed by atoms with Gasteiger partial charge in [-0.15, -0.1) is 0 Å². The molecule has 0 saturated carbocycles. The first-order chi connectivity index (χ1) is 8.09. The molecule has 2 aromatic rings. The predicted octanol–water partition coefficient (Wildman–Crippen LogP) is 1.66. The van der Waals surface area contributed by atoms with Gasteiger partial charge in [0.1, 0.15) is 5.82 Å². The molecular formula is C12H13N3O2. The monoisotopic (exact) mass is 231 g/mol. The summed E-state index contributed by atoms with van der Waals surface area (Å²) in [6.07, 6.45) is 3.21. The molecule has 5 heteroatoms. The summed E-state index contributed by atoms with van der Waals surface area (Å²) in [5.41, 5.74) is 0.652. The number of hydrogen-bond donors (Lipinski definition) is 2. The Balaban J connectivity index is 2.58. The highest BCUT2D eigenvalue weighted by Gasteiger charge is 2.14. The van der Waals surface area contributed by atoms with Crippen LogP contribution in [0.1, 0.15) is 25.3 Å². The van der Waals surface area contributed by atoms with Crippen molar-refractivity contribution in [3.05, 3.63) is 40.4 Å². The van der Waals surface area contributed by atoms with Crippen molar-refractivity contribution in [1.82, 2.24) is 15.0 Å². The Morgan fingerprint density at radius 1 is 1.41 bits per heavy atom. The number of aromatic hydroxyl groups is 1. The molecule has 0 aromatic carbocycles. The summed E-state index contributed by atoms with van der Waals surface area (Å²) in [4.78, 5) is 22.4. The lowest BCUT2D eigenvalue weighted by Gasteiger charge is -2.07. The Kier molecular flexibility index (Phi) is 2.91. The van der Waals surface area contributed by atoms with Crippen LogP contribution in [0.15, 0.2) is 29.3 Å². The van der Waals surface area contributed by atoms with Gasteiger partial charge >= 0.3 is 0 Å². The summed E-state index contributed by atoms with van der Waals surface area (Å²) in [7, 11) is 0. The van der Waals surface area contributed by atoms with Crippen LogP contribution in [0.5, 0.6) is 5.88 Å². The topological polar surface area (TPSA) is 78.9 Å². The van der Waals surface area contributed by atoms with E-state index in [9.17, 15) is 9.90 Å². The SMILES string of the molecule is CC(C)c1c(O)nc(-c2cccnc2)[nH]c1=O. The fraction of sp³-hybridized carbons (Fsp3) is 0.250. The lowest BCUT2D eigenvalue weighted by Crippen LogP contribution is -2.16. The van der Waals surface area contributed by atoms with E-state index in [-0.39, 0.29) is 17.4 Å². The number of H-pyrrole nitrogens is 1. The maximum atomic E-state index is 11.8. The first kappa shape index (κ1) is 11.3. The van der Waals surface area contributed by atoms with Crippen LogP contribution in [0.3, 0.4) is 0 Å². The summed E-state index contributed by atoms with van der Waals surface area (Å²) in [5, 5.41) is 9.75. The fourth-order valence-electron chi connectivity index (χ4n) is 1.63. The summed E-state index contributed by atoms with van der Waals surface area (Å²) in [6, 6.07) is 3.50. The second-order valence-electron chi connectivity index (χ2n) is 4.05. The van der Waals surface area contributed by atoms with Gasteiger partial charge in [-0.1, -0.05) is 13.8 Å². The molecule has 0 aliphatic carbocycles. The van der Waals surface area contributed by atoms with E-state index in [0.717, 1.165) is 0 Å². The molecule has 0 fully saturated rings. The first-order valence-electron chi connectivity index (χ1n) is 5.33. The van der Waals surface area contributed by atoms with Gasteiger partial charge in [-0.2, -0.15) is 4.98 Å². The zero-order chi connectivity index (χ0) is 12.4. The van der Waals surface area contributed by atoms with Crippen LogP contribution in [0.4, 0.5) is 0 Å². The standard InChI is InChI=1S/C12H13N3O2/c1-7(2)9-11(16)14-10(15-12(9)17)8-4-3-5-13-6-8/h3-7H,1-2H3,(H2,14,15,16,17). The van der Waals surface area contributed by atoms with E-state index in [1.807, 2.05) is 13.8 Å². The molecule has 0 bridgehead atoms. The van der Waals surface area contributed by atoms with Crippen LogP contribution >= 0.6 is 0 Å². The Bertz CT molecular complexity index is 576.